The van der Waals surface area contributed by atoms with Crippen LogP contribution in [0.1, 0.15) is 5.82 Å². The number of nitriles is 1. The zero-order chi connectivity index (χ0) is 14.3. The van der Waals surface area contributed by atoms with Crippen molar-refractivity contribution in [2.24, 2.45) is 14.1 Å². The lowest BCUT2D eigenvalue weighted by Gasteiger charge is -2.28. The van der Waals surface area contributed by atoms with Gasteiger partial charge in [-0.3, -0.25) is 9.13 Å². The van der Waals surface area contributed by atoms with E-state index < -0.39 is 0 Å². The fourth-order valence-electron chi connectivity index (χ4n) is 2.52. The van der Waals surface area contributed by atoms with E-state index in [0.29, 0.717) is 17.0 Å². The molecule has 1 aliphatic heterocycles. The molecule has 1 aliphatic rings. The van der Waals surface area contributed by atoms with Crippen LogP contribution in [0.4, 0.5) is 5.82 Å². The first-order valence-corrected chi connectivity index (χ1v) is 6.42. The number of fused-ring (bicyclic) bond motifs is 1. The van der Waals surface area contributed by atoms with Gasteiger partial charge in [0.1, 0.15) is 11.6 Å². The molecule has 0 radical (unpaired) electrons. The molecule has 20 heavy (non-hydrogen) atoms. The van der Waals surface area contributed by atoms with Gasteiger partial charge in [-0.05, 0) is 0 Å². The van der Waals surface area contributed by atoms with Crippen molar-refractivity contribution in [1.29, 1.82) is 5.26 Å². The van der Waals surface area contributed by atoms with Gasteiger partial charge in [0.15, 0.2) is 11.5 Å². The smallest absolute Gasteiger partial charge is 0.329 e. The Labute approximate surface area is 115 Å². The molecule has 0 amide bonds. The van der Waals surface area contributed by atoms with Gasteiger partial charge >= 0.3 is 5.69 Å². The number of hydrogen-bond donors (Lipinski definition) is 1. The van der Waals surface area contributed by atoms with Crippen LogP contribution in [0, 0.1) is 11.3 Å². The molecule has 104 valence electrons. The van der Waals surface area contributed by atoms with E-state index in [1.165, 1.54) is 9.13 Å². The number of rotatable bonds is 1. The lowest BCUT2D eigenvalue weighted by Crippen LogP contribution is -2.44. The van der Waals surface area contributed by atoms with E-state index in [2.05, 4.69) is 20.2 Å². The van der Waals surface area contributed by atoms with Crippen molar-refractivity contribution in [2.75, 3.05) is 31.1 Å². The van der Waals surface area contributed by atoms with Crippen LogP contribution < -0.4 is 15.9 Å². The van der Waals surface area contributed by atoms with Gasteiger partial charge in [-0.1, -0.05) is 0 Å². The van der Waals surface area contributed by atoms with Crippen LogP contribution in [0.2, 0.25) is 0 Å². The number of aryl methyl sites for hydroxylation is 2. The number of hydrogen-bond acceptors (Lipinski definition) is 6. The van der Waals surface area contributed by atoms with E-state index in [9.17, 15) is 4.79 Å². The van der Waals surface area contributed by atoms with Crippen LogP contribution in [0.3, 0.4) is 0 Å². The zero-order valence-corrected chi connectivity index (χ0v) is 11.4. The zero-order valence-electron chi connectivity index (χ0n) is 11.4. The van der Waals surface area contributed by atoms with Crippen molar-refractivity contribution in [3.63, 3.8) is 0 Å². The lowest BCUT2D eigenvalue weighted by molar-refractivity contribution is 0.585. The third-order valence-corrected chi connectivity index (χ3v) is 3.59. The van der Waals surface area contributed by atoms with Crippen LogP contribution in [0.15, 0.2) is 4.79 Å². The summed E-state index contributed by atoms with van der Waals surface area (Å²) < 4.78 is 2.98. The Kier molecular flexibility index (Phi) is 2.91. The molecule has 0 unspecified atom stereocenters. The van der Waals surface area contributed by atoms with Gasteiger partial charge in [-0.25, -0.2) is 4.79 Å². The maximum Gasteiger partial charge on any atom is 0.329 e. The quantitative estimate of drug-likeness (QED) is 0.712. The third kappa shape index (κ3) is 1.75. The first-order valence-electron chi connectivity index (χ1n) is 6.42. The fraction of sp³-hybridized carbons (Fsp3) is 0.500. The van der Waals surface area contributed by atoms with E-state index >= 15 is 0 Å². The standard InChI is InChI=1S/C12H15N7O/c1-17-9-10(18(2)12(17)20)15-8(7-13)16-11(9)19-5-3-14-4-6-19/h14H,3-6H2,1-2H3. The Morgan fingerprint density at radius 1 is 1.20 bits per heavy atom. The molecule has 3 rings (SSSR count). The van der Waals surface area contributed by atoms with Crippen molar-refractivity contribution in [3.8, 4) is 6.07 Å². The Hall–Kier alpha value is -2.40. The maximum atomic E-state index is 12.1. The summed E-state index contributed by atoms with van der Waals surface area (Å²) in [5.74, 6) is 0.750. The van der Waals surface area contributed by atoms with E-state index in [0.717, 1.165) is 26.2 Å². The molecule has 2 aromatic rings. The molecule has 0 spiro atoms. The van der Waals surface area contributed by atoms with Crippen molar-refractivity contribution in [2.45, 2.75) is 0 Å². The third-order valence-electron chi connectivity index (χ3n) is 3.59. The summed E-state index contributed by atoms with van der Waals surface area (Å²) in [6.07, 6.45) is 0. The molecule has 8 nitrogen and oxygen atoms in total. The second-order valence-corrected chi connectivity index (χ2v) is 4.79. The van der Waals surface area contributed by atoms with Gasteiger partial charge in [-0.15, -0.1) is 0 Å². The van der Waals surface area contributed by atoms with Gasteiger partial charge in [0.05, 0.1) is 0 Å². The van der Waals surface area contributed by atoms with Crippen LogP contribution >= 0.6 is 0 Å². The highest BCUT2D eigenvalue weighted by atomic mass is 16.1. The van der Waals surface area contributed by atoms with E-state index in [1.807, 2.05) is 6.07 Å². The average molecular weight is 273 g/mol. The molecule has 1 fully saturated rings. The molecular weight excluding hydrogens is 258 g/mol. The average Bonchev–Trinajstić information content (AvgIpc) is 2.72. The number of anilines is 1. The number of aromatic nitrogens is 4. The van der Waals surface area contributed by atoms with Gasteiger partial charge < -0.3 is 10.2 Å². The summed E-state index contributed by atoms with van der Waals surface area (Å²) >= 11 is 0. The van der Waals surface area contributed by atoms with Crippen LogP contribution in [-0.4, -0.2) is 45.3 Å². The highest BCUT2D eigenvalue weighted by molar-refractivity contribution is 5.84. The summed E-state index contributed by atoms with van der Waals surface area (Å²) in [5, 5.41) is 12.4. The van der Waals surface area contributed by atoms with Crippen LogP contribution in [-0.2, 0) is 14.1 Å². The summed E-state index contributed by atoms with van der Waals surface area (Å²) in [6, 6.07) is 1.97. The predicted octanol–water partition coefficient (Wildman–Crippen LogP) is -1.05. The molecule has 0 aliphatic carbocycles. The topological polar surface area (TPSA) is 91.8 Å². The van der Waals surface area contributed by atoms with Gasteiger partial charge in [0, 0.05) is 40.3 Å². The largest absolute Gasteiger partial charge is 0.352 e. The normalized spacial score (nSPS) is 15.6. The SMILES string of the molecule is Cn1c(=O)n(C)c2c(N3CCNCC3)nc(C#N)nc21. The molecule has 2 aromatic heterocycles. The maximum absolute atomic E-state index is 12.1. The highest BCUT2D eigenvalue weighted by Crippen LogP contribution is 2.22. The van der Waals surface area contributed by atoms with E-state index in [1.54, 1.807) is 14.1 Å². The summed E-state index contributed by atoms with van der Waals surface area (Å²) in [7, 11) is 3.35. The molecular formula is C12H15N7O. The number of imidazole rings is 1. The predicted molar refractivity (Wildman–Crippen MR) is 73.5 cm³/mol. The Morgan fingerprint density at radius 3 is 2.55 bits per heavy atom. The minimum atomic E-state index is -0.166. The first-order chi connectivity index (χ1) is 9.63. The molecule has 8 heteroatoms. The van der Waals surface area contributed by atoms with Gasteiger partial charge in [-0.2, -0.15) is 15.2 Å². The Balaban J connectivity index is 2.31. The van der Waals surface area contributed by atoms with Crippen molar-refractivity contribution < 1.29 is 0 Å². The summed E-state index contributed by atoms with van der Waals surface area (Å²) in [5.41, 5.74) is 1.01. The fourth-order valence-corrected chi connectivity index (χ4v) is 2.52. The van der Waals surface area contributed by atoms with Crippen LogP contribution in [0.5, 0.6) is 0 Å². The van der Waals surface area contributed by atoms with E-state index in [-0.39, 0.29) is 11.5 Å². The molecule has 1 saturated heterocycles. The number of nitrogens with zero attached hydrogens (tertiary/aromatic N) is 6. The molecule has 0 atom stereocenters. The Bertz CT molecular complexity index is 761. The van der Waals surface area contributed by atoms with E-state index in [4.69, 9.17) is 5.26 Å². The lowest BCUT2D eigenvalue weighted by atomic mass is 10.3. The van der Waals surface area contributed by atoms with Crippen LogP contribution in [0.25, 0.3) is 11.2 Å². The summed E-state index contributed by atoms with van der Waals surface area (Å²) in [6.45, 7) is 3.29. The molecule has 3 heterocycles. The molecule has 0 saturated carbocycles. The first kappa shape index (κ1) is 12.6. The second kappa shape index (κ2) is 4.61. The van der Waals surface area contributed by atoms with Gasteiger partial charge in [0.25, 0.3) is 0 Å². The molecule has 0 aromatic carbocycles. The highest BCUT2D eigenvalue weighted by Gasteiger charge is 2.21. The monoisotopic (exact) mass is 273 g/mol. The summed E-state index contributed by atoms with van der Waals surface area (Å²) in [4.78, 5) is 22.6. The van der Waals surface area contributed by atoms with Crippen molar-refractivity contribution >= 4 is 17.0 Å². The number of nitrogens with one attached hydrogen (secondary N) is 1. The van der Waals surface area contributed by atoms with Crippen molar-refractivity contribution in [3.05, 3.63) is 16.3 Å². The number of piperazine rings is 1. The van der Waals surface area contributed by atoms with Crippen molar-refractivity contribution in [1.82, 2.24) is 24.4 Å². The molecule has 1 N–H and O–H groups in total. The van der Waals surface area contributed by atoms with Gasteiger partial charge in [0.2, 0.25) is 5.82 Å². The second-order valence-electron chi connectivity index (χ2n) is 4.79. The molecule has 0 bridgehead atoms. The minimum absolute atomic E-state index is 0.0900. The Morgan fingerprint density at radius 2 is 1.90 bits per heavy atom. The minimum Gasteiger partial charge on any atom is -0.352 e.